The highest BCUT2D eigenvalue weighted by atomic mass is 16.1. The smallest absolute Gasteiger partial charge is 0.150 e. The van der Waals surface area contributed by atoms with Crippen LogP contribution in [-0.4, -0.2) is 15.7 Å². The molecule has 0 aliphatic rings. The van der Waals surface area contributed by atoms with Gasteiger partial charge in [0.25, 0.3) is 0 Å². The molecule has 0 bridgehead atoms. The topological polar surface area (TPSA) is 34.4 Å². The molecule has 0 saturated heterocycles. The molecule has 0 fully saturated rings. The molecule has 0 aliphatic carbocycles. The summed E-state index contributed by atoms with van der Waals surface area (Å²) in [5, 5.41) is 1.10. The number of nitrogens with zero attached hydrogens (tertiary/aromatic N) is 2. The molecular weight excluding hydrogens is 212 g/mol. The molecule has 2 aromatic heterocycles. The molecular formula is C14H12N2O. The van der Waals surface area contributed by atoms with Gasteiger partial charge in [0.1, 0.15) is 11.9 Å². The molecule has 17 heavy (non-hydrogen) atoms. The van der Waals surface area contributed by atoms with Gasteiger partial charge in [-0.3, -0.25) is 9.20 Å². The Balaban J connectivity index is 2.52. The summed E-state index contributed by atoms with van der Waals surface area (Å²) < 4.78 is 2.06. The van der Waals surface area contributed by atoms with Crippen LogP contribution in [0.2, 0.25) is 0 Å². The minimum atomic E-state index is 0.705. The Bertz CT molecular complexity index is 741. The predicted molar refractivity (Wildman–Crippen MR) is 67.6 cm³/mol. The van der Waals surface area contributed by atoms with Gasteiger partial charge in [0, 0.05) is 17.1 Å². The van der Waals surface area contributed by atoms with Crippen LogP contribution in [0.15, 0.2) is 30.5 Å². The zero-order chi connectivity index (χ0) is 12.0. The maximum absolute atomic E-state index is 10.8. The fourth-order valence-electron chi connectivity index (χ4n) is 2.24. The van der Waals surface area contributed by atoms with E-state index in [4.69, 9.17) is 0 Å². The van der Waals surface area contributed by atoms with E-state index in [-0.39, 0.29) is 0 Å². The molecule has 3 heteroatoms. The second-order valence-electron chi connectivity index (χ2n) is 4.33. The fraction of sp³-hybridized carbons (Fsp3) is 0.143. The van der Waals surface area contributed by atoms with Crippen LogP contribution in [-0.2, 0) is 0 Å². The van der Waals surface area contributed by atoms with Crippen LogP contribution in [0.1, 0.15) is 21.6 Å². The highest BCUT2D eigenvalue weighted by Gasteiger charge is 2.06. The van der Waals surface area contributed by atoms with Gasteiger partial charge in [-0.05, 0) is 43.7 Å². The van der Waals surface area contributed by atoms with Crippen molar-refractivity contribution >= 4 is 22.8 Å². The number of hydrogen-bond donors (Lipinski definition) is 0. The van der Waals surface area contributed by atoms with Crippen molar-refractivity contribution in [2.45, 2.75) is 13.8 Å². The minimum absolute atomic E-state index is 0.705. The Morgan fingerprint density at radius 1 is 1.24 bits per heavy atom. The van der Waals surface area contributed by atoms with E-state index in [0.717, 1.165) is 34.1 Å². The molecule has 3 aromatic rings. The predicted octanol–water partition coefficient (Wildman–Crippen LogP) is 2.92. The number of carbonyl (C=O) groups is 1. The summed E-state index contributed by atoms with van der Waals surface area (Å²) in [6.07, 6.45) is 2.89. The van der Waals surface area contributed by atoms with Crippen molar-refractivity contribution in [2.75, 3.05) is 0 Å². The number of fused-ring (bicyclic) bond motifs is 3. The van der Waals surface area contributed by atoms with E-state index in [1.54, 1.807) is 0 Å². The van der Waals surface area contributed by atoms with Gasteiger partial charge < -0.3 is 0 Å². The van der Waals surface area contributed by atoms with Crippen molar-refractivity contribution in [2.24, 2.45) is 0 Å². The van der Waals surface area contributed by atoms with Gasteiger partial charge in [-0.15, -0.1) is 0 Å². The largest absolute Gasteiger partial charge is 0.299 e. The molecule has 0 N–H and O–H groups in total. The van der Waals surface area contributed by atoms with Gasteiger partial charge >= 0.3 is 0 Å². The zero-order valence-electron chi connectivity index (χ0n) is 9.77. The van der Waals surface area contributed by atoms with Crippen LogP contribution in [0.3, 0.4) is 0 Å². The number of aryl methyl sites for hydroxylation is 2. The van der Waals surface area contributed by atoms with Crippen LogP contribution < -0.4 is 0 Å². The maximum atomic E-state index is 10.8. The lowest BCUT2D eigenvalue weighted by atomic mass is 10.1. The maximum Gasteiger partial charge on any atom is 0.150 e. The van der Waals surface area contributed by atoms with E-state index in [0.29, 0.717) is 5.56 Å². The monoisotopic (exact) mass is 224 g/mol. The molecule has 0 saturated carbocycles. The molecule has 0 amide bonds. The quantitative estimate of drug-likeness (QED) is 0.595. The first-order valence-corrected chi connectivity index (χ1v) is 5.53. The van der Waals surface area contributed by atoms with E-state index in [1.807, 2.05) is 44.3 Å². The Kier molecular flexibility index (Phi) is 2.01. The number of hydrogen-bond acceptors (Lipinski definition) is 2. The van der Waals surface area contributed by atoms with Crippen molar-refractivity contribution in [3.05, 3.63) is 47.3 Å². The summed E-state index contributed by atoms with van der Waals surface area (Å²) in [7, 11) is 0. The molecule has 0 radical (unpaired) electrons. The van der Waals surface area contributed by atoms with Crippen molar-refractivity contribution < 1.29 is 4.79 Å². The molecule has 2 heterocycles. The van der Waals surface area contributed by atoms with Crippen LogP contribution >= 0.6 is 0 Å². The number of benzene rings is 1. The highest BCUT2D eigenvalue weighted by molar-refractivity contribution is 5.90. The molecule has 3 rings (SSSR count). The Morgan fingerprint density at radius 2 is 2.06 bits per heavy atom. The molecule has 1 aromatic carbocycles. The number of carbonyl (C=O) groups excluding carboxylic acids is 1. The number of rotatable bonds is 1. The molecule has 84 valence electrons. The fourth-order valence-corrected chi connectivity index (χ4v) is 2.24. The highest BCUT2D eigenvalue weighted by Crippen LogP contribution is 2.22. The van der Waals surface area contributed by atoms with Gasteiger partial charge in [0.15, 0.2) is 0 Å². The SMILES string of the molecule is Cc1cn2c(cc(C)c3cc(C=O)ccc32)n1. The van der Waals surface area contributed by atoms with Gasteiger partial charge in [0.05, 0.1) is 11.2 Å². The lowest BCUT2D eigenvalue weighted by Crippen LogP contribution is -1.91. The van der Waals surface area contributed by atoms with E-state index in [9.17, 15) is 4.79 Å². The standard InChI is InChI=1S/C14H12N2O/c1-9-5-14-15-10(2)7-16(14)13-4-3-11(8-17)6-12(9)13/h3-8H,1-2H3. The zero-order valence-corrected chi connectivity index (χ0v) is 9.77. The lowest BCUT2D eigenvalue weighted by molar-refractivity contribution is 0.112. The third-order valence-electron chi connectivity index (χ3n) is 3.04. The second kappa shape index (κ2) is 3.42. The van der Waals surface area contributed by atoms with Crippen LogP contribution in [0.25, 0.3) is 16.6 Å². The third kappa shape index (κ3) is 1.43. The van der Waals surface area contributed by atoms with E-state index >= 15 is 0 Å². The van der Waals surface area contributed by atoms with Crippen molar-refractivity contribution in [3.8, 4) is 0 Å². The molecule has 0 unspecified atom stereocenters. The van der Waals surface area contributed by atoms with Crippen molar-refractivity contribution in [1.29, 1.82) is 0 Å². The summed E-state index contributed by atoms with van der Waals surface area (Å²) in [5.41, 5.74) is 4.88. The number of imidazole rings is 1. The van der Waals surface area contributed by atoms with Gasteiger partial charge in [0.2, 0.25) is 0 Å². The van der Waals surface area contributed by atoms with Gasteiger partial charge in [-0.1, -0.05) is 0 Å². The molecule has 0 aliphatic heterocycles. The summed E-state index contributed by atoms with van der Waals surface area (Å²) in [6.45, 7) is 4.02. The van der Waals surface area contributed by atoms with E-state index in [1.165, 1.54) is 0 Å². The van der Waals surface area contributed by atoms with Crippen molar-refractivity contribution in [1.82, 2.24) is 9.38 Å². The first-order valence-electron chi connectivity index (χ1n) is 5.53. The van der Waals surface area contributed by atoms with Crippen LogP contribution in [0, 0.1) is 13.8 Å². The van der Waals surface area contributed by atoms with Gasteiger partial charge in [-0.25, -0.2) is 4.98 Å². The molecule has 3 nitrogen and oxygen atoms in total. The average Bonchev–Trinajstić information content (AvgIpc) is 2.69. The summed E-state index contributed by atoms with van der Waals surface area (Å²) in [5.74, 6) is 0. The molecule has 0 atom stereocenters. The normalized spacial score (nSPS) is 11.2. The number of pyridine rings is 1. The Labute approximate surface area is 98.7 Å². The van der Waals surface area contributed by atoms with Gasteiger partial charge in [-0.2, -0.15) is 0 Å². The van der Waals surface area contributed by atoms with E-state index in [2.05, 4.69) is 9.38 Å². The molecule has 0 spiro atoms. The number of aldehydes is 1. The minimum Gasteiger partial charge on any atom is -0.299 e. The summed E-state index contributed by atoms with van der Waals surface area (Å²) in [4.78, 5) is 15.3. The van der Waals surface area contributed by atoms with E-state index < -0.39 is 0 Å². The average molecular weight is 224 g/mol. The Hall–Kier alpha value is -2.16. The summed E-state index contributed by atoms with van der Waals surface area (Å²) in [6, 6.07) is 7.78. The van der Waals surface area contributed by atoms with Crippen LogP contribution in [0.5, 0.6) is 0 Å². The van der Waals surface area contributed by atoms with Crippen molar-refractivity contribution in [3.63, 3.8) is 0 Å². The first kappa shape index (κ1) is 10.0. The van der Waals surface area contributed by atoms with Crippen LogP contribution in [0.4, 0.5) is 0 Å². The number of aromatic nitrogens is 2. The Morgan fingerprint density at radius 3 is 2.82 bits per heavy atom. The lowest BCUT2D eigenvalue weighted by Gasteiger charge is -2.06. The summed E-state index contributed by atoms with van der Waals surface area (Å²) >= 11 is 0. The second-order valence-corrected chi connectivity index (χ2v) is 4.33. The first-order chi connectivity index (χ1) is 8.19. The third-order valence-corrected chi connectivity index (χ3v) is 3.04.